The molecule has 1 N–H and O–H groups in total. The van der Waals surface area contributed by atoms with Crippen molar-refractivity contribution in [2.45, 2.75) is 6.42 Å². The highest BCUT2D eigenvalue weighted by Crippen LogP contribution is 2.11. The summed E-state index contributed by atoms with van der Waals surface area (Å²) in [6.07, 6.45) is 1.70. The summed E-state index contributed by atoms with van der Waals surface area (Å²) in [5.74, 6) is -0.257. The molecule has 6 nitrogen and oxygen atoms in total. The van der Waals surface area contributed by atoms with Gasteiger partial charge in [0.2, 0.25) is 10.0 Å². The summed E-state index contributed by atoms with van der Waals surface area (Å²) in [4.78, 5) is 16.3. The molecule has 7 heteroatoms. The van der Waals surface area contributed by atoms with Gasteiger partial charge in [-0.25, -0.2) is 17.7 Å². The topological polar surface area (TPSA) is 79.4 Å². The number of para-hydroxylation sites is 1. The summed E-state index contributed by atoms with van der Waals surface area (Å²) < 4.78 is 23.7. The summed E-state index contributed by atoms with van der Waals surface area (Å²) in [5.41, 5.74) is 1.13. The number of pyridine rings is 1. The molecule has 0 fully saturated rings. The van der Waals surface area contributed by atoms with Crippen LogP contribution in [0.4, 0.5) is 0 Å². The molecule has 0 aliphatic rings. The number of hydrogen-bond donors (Lipinski definition) is 1. The number of sulfonamides is 1. The van der Waals surface area contributed by atoms with Gasteiger partial charge in [-0.2, -0.15) is 0 Å². The number of carbonyl (C=O) groups is 1. The second-order valence-corrected chi connectivity index (χ2v) is 7.17. The summed E-state index contributed by atoms with van der Waals surface area (Å²) in [6, 6.07) is 11.1. The maximum atomic E-state index is 12.0. The molecule has 1 heterocycles. The number of fused-ring (bicyclic) bond motifs is 1. The molecule has 1 aromatic heterocycles. The van der Waals surface area contributed by atoms with E-state index < -0.39 is 10.0 Å². The van der Waals surface area contributed by atoms with E-state index in [1.165, 1.54) is 11.4 Å². The molecule has 2 aromatic rings. The lowest BCUT2D eigenvalue weighted by molar-refractivity contribution is 0.0948. The standard InChI is InChI=1S/C15H19N3O3S/c1-18(22(2,20)21)11-5-10-16-15(19)14-9-8-12-6-3-4-7-13(12)17-14/h3-4,6-9H,5,10-11H2,1-2H3,(H,16,19). The van der Waals surface area contributed by atoms with Crippen LogP contribution in [0.5, 0.6) is 0 Å². The highest BCUT2D eigenvalue weighted by Gasteiger charge is 2.11. The smallest absolute Gasteiger partial charge is 0.269 e. The Hall–Kier alpha value is -1.99. The second kappa shape index (κ2) is 6.85. The molecule has 1 aromatic carbocycles. The van der Waals surface area contributed by atoms with Gasteiger partial charge in [0, 0.05) is 25.5 Å². The van der Waals surface area contributed by atoms with Crippen molar-refractivity contribution in [2.75, 3.05) is 26.4 Å². The van der Waals surface area contributed by atoms with Crippen molar-refractivity contribution in [3.63, 3.8) is 0 Å². The van der Waals surface area contributed by atoms with Crippen LogP contribution >= 0.6 is 0 Å². The first kappa shape index (κ1) is 16.4. The molecular weight excluding hydrogens is 302 g/mol. The Kier molecular flexibility index (Phi) is 5.10. The first-order valence-corrected chi connectivity index (χ1v) is 8.78. The van der Waals surface area contributed by atoms with E-state index in [1.54, 1.807) is 6.07 Å². The van der Waals surface area contributed by atoms with Crippen molar-refractivity contribution in [3.05, 3.63) is 42.1 Å². The van der Waals surface area contributed by atoms with Crippen LogP contribution in [-0.4, -0.2) is 50.0 Å². The molecule has 0 atom stereocenters. The van der Waals surface area contributed by atoms with Crippen LogP contribution in [0.25, 0.3) is 10.9 Å². The van der Waals surface area contributed by atoms with Crippen LogP contribution in [0.15, 0.2) is 36.4 Å². The normalized spacial score (nSPS) is 11.8. The number of amides is 1. The Morgan fingerprint density at radius 2 is 1.95 bits per heavy atom. The fraction of sp³-hybridized carbons (Fsp3) is 0.333. The molecule has 0 aliphatic carbocycles. The van der Waals surface area contributed by atoms with Gasteiger partial charge in [0.15, 0.2) is 0 Å². The molecule has 0 unspecified atom stereocenters. The number of nitrogens with one attached hydrogen (secondary N) is 1. The van der Waals surface area contributed by atoms with Crippen molar-refractivity contribution in [1.82, 2.24) is 14.6 Å². The van der Waals surface area contributed by atoms with Gasteiger partial charge in [-0.05, 0) is 18.6 Å². The number of rotatable bonds is 6. The maximum absolute atomic E-state index is 12.0. The molecule has 22 heavy (non-hydrogen) atoms. The summed E-state index contributed by atoms with van der Waals surface area (Å²) in [6.45, 7) is 0.761. The number of carbonyl (C=O) groups excluding carboxylic acids is 1. The minimum atomic E-state index is -3.17. The van der Waals surface area contributed by atoms with Gasteiger partial charge in [0.05, 0.1) is 11.8 Å². The second-order valence-electron chi connectivity index (χ2n) is 5.08. The molecule has 0 saturated heterocycles. The van der Waals surface area contributed by atoms with Crippen molar-refractivity contribution >= 4 is 26.8 Å². The molecule has 0 aliphatic heterocycles. The number of benzene rings is 1. The molecule has 0 spiro atoms. The average Bonchev–Trinajstić information content (AvgIpc) is 2.49. The lowest BCUT2D eigenvalue weighted by atomic mass is 10.2. The van der Waals surface area contributed by atoms with E-state index in [2.05, 4.69) is 10.3 Å². The number of aromatic nitrogens is 1. The van der Waals surface area contributed by atoms with Gasteiger partial charge in [0.1, 0.15) is 5.69 Å². The zero-order chi connectivity index (χ0) is 16.2. The van der Waals surface area contributed by atoms with Crippen LogP contribution in [0.3, 0.4) is 0 Å². The molecule has 0 bridgehead atoms. The van der Waals surface area contributed by atoms with E-state index in [0.717, 1.165) is 17.2 Å². The predicted molar refractivity (Wildman–Crippen MR) is 86.2 cm³/mol. The van der Waals surface area contributed by atoms with Crippen LogP contribution in [0.2, 0.25) is 0 Å². The summed E-state index contributed by atoms with van der Waals surface area (Å²) in [7, 11) is -1.66. The molecular formula is C15H19N3O3S. The zero-order valence-corrected chi connectivity index (χ0v) is 13.4. The average molecular weight is 321 g/mol. The molecule has 0 radical (unpaired) electrons. The first-order valence-electron chi connectivity index (χ1n) is 6.93. The largest absolute Gasteiger partial charge is 0.351 e. The van der Waals surface area contributed by atoms with Gasteiger partial charge in [0.25, 0.3) is 5.91 Å². The Balaban J connectivity index is 1.89. The Morgan fingerprint density at radius 1 is 1.23 bits per heavy atom. The van der Waals surface area contributed by atoms with Gasteiger partial charge in [-0.3, -0.25) is 4.79 Å². The van der Waals surface area contributed by atoms with E-state index in [-0.39, 0.29) is 5.91 Å². The Morgan fingerprint density at radius 3 is 2.68 bits per heavy atom. The molecule has 0 saturated carbocycles. The van der Waals surface area contributed by atoms with Crippen molar-refractivity contribution < 1.29 is 13.2 Å². The minimum absolute atomic E-state index is 0.257. The van der Waals surface area contributed by atoms with Crippen LogP contribution in [0, 0.1) is 0 Å². The SMILES string of the molecule is CN(CCCNC(=O)c1ccc2ccccc2n1)S(C)(=O)=O. The monoisotopic (exact) mass is 321 g/mol. The van der Waals surface area contributed by atoms with Gasteiger partial charge in [-0.15, -0.1) is 0 Å². The highest BCUT2D eigenvalue weighted by molar-refractivity contribution is 7.88. The first-order chi connectivity index (χ1) is 10.4. The zero-order valence-electron chi connectivity index (χ0n) is 12.6. The summed E-state index contributed by atoms with van der Waals surface area (Å²) >= 11 is 0. The van der Waals surface area contributed by atoms with E-state index in [1.807, 2.05) is 30.3 Å². The van der Waals surface area contributed by atoms with Crippen molar-refractivity contribution in [2.24, 2.45) is 0 Å². The lowest BCUT2D eigenvalue weighted by Gasteiger charge is -2.13. The quantitative estimate of drug-likeness (QED) is 0.812. The Bertz CT molecular complexity index is 774. The predicted octanol–water partition coefficient (Wildman–Crippen LogP) is 1.25. The van der Waals surface area contributed by atoms with Gasteiger partial charge < -0.3 is 5.32 Å². The van der Waals surface area contributed by atoms with E-state index in [4.69, 9.17) is 0 Å². The van der Waals surface area contributed by atoms with Crippen LogP contribution < -0.4 is 5.32 Å². The van der Waals surface area contributed by atoms with Crippen LogP contribution in [-0.2, 0) is 10.0 Å². The molecule has 118 valence electrons. The third-order valence-corrected chi connectivity index (χ3v) is 4.65. The van der Waals surface area contributed by atoms with Crippen molar-refractivity contribution in [1.29, 1.82) is 0 Å². The van der Waals surface area contributed by atoms with Gasteiger partial charge in [-0.1, -0.05) is 24.3 Å². The van der Waals surface area contributed by atoms with E-state index in [9.17, 15) is 13.2 Å². The van der Waals surface area contributed by atoms with Crippen molar-refractivity contribution in [3.8, 4) is 0 Å². The molecule has 2 rings (SSSR count). The Labute approximate surface area is 130 Å². The van der Waals surface area contributed by atoms with Gasteiger partial charge >= 0.3 is 0 Å². The third kappa shape index (κ3) is 4.25. The van der Waals surface area contributed by atoms with Crippen LogP contribution in [0.1, 0.15) is 16.9 Å². The summed E-state index contributed by atoms with van der Waals surface area (Å²) in [5, 5.41) is 3.73. The lowest BCUT2D eigenvalue weighted by Crippen LogP contribution is -2.31. The minimum Gasteiger partial charge on any atom is -0.351 e. The maximum Gasteiger partial charge on any atom is 0.269 e. The fourth-order valence-electron chi connectivity index (χ4n) is 1.95. The fourth-order valence-corrected chi connectivity index (χ4v) is 2.41. The number of nitrogens with zero attached hydrogens (tertiary/aromatic N) is 2. The highest BCUT2D eigenvalue weighted by atomic mass is 32.2. The van der Waals surface area contributed by atoms with E-state index >= 15 is 0 Å². The molecule has 1 amide bonds. The third-order valence-electron chi connectivity index (χ3n) is 3.33. The number of hydrogen-bond acceptors (Lipinski definition) is 4. The van der Waals surface area contributed by atoms with E-state index in [0.29, 0.717) is 25.2 Å².